The third-order valence-electron chi connectivity index (χ3n) is 4.10. The van der Waals surface area contributed by atoms with Gasteiger partial charge in [-0.2, -0.15) is 5.10 Å². The second-order valence-corrected chi connectivity index (χ2v) is 5.93. The highest BCUT2D eigenvalue weighted by atomic mass is 127. The lowest BCUT2D eigenvalue weighted by atomic mass is 10.1. The molecule has 8 heteroatoms. The van der Waals surface area contributed by atoms with Gasteiger partial charge in [-0.3, -0.25) is 4.99 Å². The van der Waals surface area contributed by atoms with Crippen LogP contribution in [-0.4, -0.2) is 41.4 Å². The van der Waals surface area contributed by atoms with Crippen LogP contribution in [0.1, 0.15) is 11.1 Å². The van der Waals surface area contributed by atoms with Gasteiger partial charge in [-0.15, -0.1) is 24.0 Å². The molecule has 2 aromatic heterocycles. The van der Waals surface area contributed by atoms with Gasteiger partial charge in [-0.25, -0.2) is 9.67 Å². The third-order valence-corrected chi connectivity index (χ3v) is 4.10. The van der Waals surface area contributed by atoms with E-state index in [4.69, 9.17) is 4.74 Å². The zero-order valence-electron chi connectivity index (χ0n) is 16.0. The van der Waals surface area contributed by atoms with Gasteiger partial charge in [0.2, 0.25) is 5.88 Å². The quantitative estimate of drug-likeness (QED) is 0.302. The van der Waals surface area contributed by atoms with Gasteiger partial charge in [0.15, 0.2) is 5.96 Å². The molecule has 0 aliphatic heterocycles. The fourth-order valence-corrected chi connectivity index (χ4v) is 2.60. The summed E-state index contributed by atoms with van der Waals surface area (Å²) < 4.78 is 6.92. The molecule has 0 aliphatic carbocycles. The van der Waals surface area contributed by atoms with Crippen molar-refractivity contribution in [2.45, 2.75) is 13.0 Å². The van der Waals surface area contributed by atoms with E-state index in [-0.39, 0.29) is 24.0 Å². The van der Waals surface area contributed by atoms with Gasteiger partial charge in [0.1, 0.15) is 0 Å². The highest BCUT2D eigenvalue weighted by molar-refractivity contribution is 14.0. The van der Waals surface area contributed by atoms with E-state index in [2.05, 4.69) is 50.0 Å². The van der Waals surface area contributed by atoms with Crippen molar-refractivity contribution in [3.63, 3.8) is 0 Å². The van der Waals surface area contributed by atoms with Crippen molar-refractivity contribution < 1.29 is 4.74 Å². The summed E-state index contributed by atoms with van der Waals surface area (Å²) in [5.41, 5.74) is 3.38. The molecule has 0 bridgehead atoms. The van der Waals surface area contributed by atoms with Crippen LogP contribution in [0.5, 0.6) is 5.88 Å². The summed E-state index contributed by atoms with van der Waals surface area (Å²) in [7, 11) is 3.37. The van der Waals surface area contributed by atoms with Gasteiger partial charge >= 0.3 is 0 Å². The van der Waals surface area contributed by atoms with Crippen molar-refractivity contribution in [1.29, 1.82) is 0 Å². The number of benzene rings is 1. The monoisotopic (exact) mass is 492 g/mol. The van der Waals surface area contributed by atoms with Crippen LogP contribution in [0.25, 0.3) is 5.69 Å². The Morgan fingerprint density at radius 3 is 2.50 bits per heavy atom. The van der Waals surface area contributed by atoms with Gasteiger partial charge in [-0.05, 0) is 35.7 Å². The molecular weight excluding hydrogens is 467 g/mol. The zero-order chi connectivity index (χ0) is 18.9. The molecule has 3 aromatic rings. The summed E-state index contributed by atoms with van der Waals surface area (Å²) in [5.74, 6) is 1.37. The average Bonchev–Trinajstić information content (AvgIpc) is 3.26. The summed E-state index contributed by atoms with van der Waals surface area (Å²) in [5, 5.41) is 10.8. The Labute approximate surface area is 182 Å². The molecule has 0 aliphatic rings. The molecule has 0 radical (unpaired) electrons. The number of pyridine rings is 1. The Morgan fingerprint density at radius 2 is 1.89 bits per heavy atom. The molecule has 28 heavy (non-hydrogen) atoms. The first-order valence-corrected chi connectivity index (χ1v) is 8.81. The molecule has 0 amide bonds. The van der Waals surface area contributed by atoms with E-state index in [0.29, 0.717) is 12.4 Å². The predicted octanol–water partition coefficient (Wildman–Crippen LogP) is 2.80. The smallest absolute Gasteiger partial charge is 0.212 e. The molecule has 0 atom stereocenters. The highest BCUT2D eigenvalue weighted by Crippen LogP contribution is 2.09. The second kappa shape index (κ2) is 11.3. The lowest BCUT2D eigenvalue weighted by Gasteiger charge is -2.12. The Balaban J connectivity index is 0.00000280. The molecule has 0 unspecified atom stereocenters. The van der Waals surface area contributed by atoms with E-state index >= 15 is 0 Å². The van der Waals surface area contributed by atoms with Crippen LogP contribution in [0.15, 0.2) is 66.0 Å². The number of methoxy groups -OCH3 is 1. The number of rotatable bonds is 7. The maximum Gasteiger partial charge on any atom is 0.212 e. The van der Waals surface area contributed by atoms with E-state index < -0.39 is 0 Å². The van der Waals surface area contributed by atoms with Crippen LogP contribution in [0.3, 0.4) is 0 Å². The molecule has 2 N–H and O–H groups in total. The maximum atomic E-state index is 5.07. The largest absolute Gasteiger partial charge is 0.481 e. The molecule has 7 nitrogen and oxygen atoms in total. The predicted molar refractivity (Wildman–Crippen MR) is 122 cm³/mol. The topological polar surface area (TPSA) is 76.4 Å². The average molecular weight is 492 g/mol. The van der Waals surface area contributed by atoms with Crippen molar-refractivity contribution in [2.75, 3.05) is 20.7 Å². The third kappa shape index (κ3) is 6.22. The van der Waals surface area contributed by atoms with Crippen LogP contribution in [0.2, 0.25) is 0 Å². The standard InChI is InChI=1S/C20H24N6O.HI/c1-21-20(24-15-17-6-9-19(27-2)23-14-17)22-12-10-16-4-7-18(8-5-16)26-13-3-11-25-26;/h3-9,11,13-14H,10,12,15H2,1-2H3,(H2,21,22,24);1H. The second-order valence-electron chi connectivity index (χ2n) is 5.93. The first kappa shape index (κ1) is 21.7. The number of ether oxygens (including phenoxy) is 1. The molecule has 2 heterocycles. The Morgan fingerprint density at radius 1 is 1.11 bits per heavy atom. The molecule has 3 rings (SSSR count). The highest BCUT2D eigenvalue weighted by Gasteiger charge is 2.01. The van der Waals surface area contributed by atoms with Crippen LogP contribution in [0, 0.1) is 0 Å². The molecule has 0 saturated heterocycles. The van der Waals surface area contributed by atoms with Gasteiger partial charge in [0, 0.05) is 44.8 Å². The summed E-state index contributed by atoms with van der Waals surface area (Å²) in [6.07, 6.45) is 6.41. The molecule has 1 aromatic carbocycles. The number of aliphatic imine (C=N–C) groups is 1. The van der Waals surface area contributed by atoms with Crippen LogP contribution < -0.4 is 15.4 Å². The number of halogens is 1. The summed E-state index contributed by atoms with van der Waals surface area (Å²) in [6.45, 7) is 1.44. The van der Waals surface area contributed by atoms with Crippen molar-refractivity contribution in [2.24, 2.45) is 4.99 Å². The van der Waals surface area contributed by atoms with Crippen molar-refractivity contribution in [3.05, 3.63) is 72.2 Å². The minimum Gasteiger partial charge on any atom is -0.481 e. The zero-order valence-corrected chi connectivity index (χ0v) is 18.3. The van der Waals surface area contributed by atoms with Crippen LogP contribution in [-0.2, 0) is 13.0 Å². The van der Waals surface area contributed by atoms with Crippen LogP contribution in [0.4, 0.5) is 0 Å². The maximum absolute atomic E-state index is 5.07. The van der Waals surface area contributed by atoms with Crippen molar-refractivity contribution >= 4 is 29.9 Å². The fraction of sp³-hybridized carbons (Fsp3) is 0.250. The molecule has 148 valence electrons. The van der Waals surface area contributed by atoms with E-state index in [1.54, 1.807) is 26.6 Å². The summed E-state index contributed by atoms with van der Waals surface area (Å²) in [6, 6.07) is 14.1. The van der Waals surface area contributed by atoms with Crippen molar-refractivity contribution in [1.82, 2.24) is 25.4 Å². The number of nitrogens with zero attached hydrogens (tertiary/aromatic N) is 4. The van der Waals surface area contributed by atoms with Gasteiger partial charge < -0.3 is 15.4 Å². The summed E-state index contributed by atoms with van der Waals surface area (Å²) in [4.78, 5) is 8.45. The first-order chi connectivity index (χ1) is 13.3. The molecular formula is C20H25IN6O. The SMILES string of the molecule is CN=C(NCCc1ccc(-n2cccn2)cc1)NCc1ccc(OC)nc1.I. The van der Waals surface area contributed by atoms with Gasteiger partial charge in [-0.1, -0.05) is 18.2 Å². The van der Waals surface area contributed by atoms with E-state index in [1.807, 2.05) is 29.1 Å². The first-order valence-electron chi connectivity index (χ1n) is 8.81. The van der Waals surface area contributed by atoms with E-state index in [9.17, 15) is 0 Å². The lowest BCUT2D eigenvalue weighted by Crippen LogP contribution is -2.37. The Hall–Kier alpha value is -2.62. The fourth-order valence-electron chi connectivity index (χ4n) is 2.60. The minimum atomic E-state index is 0. The number of hydrogen-bond acceptors (Lipinski definition) is 4. The number of nitrogens with one attached hydrogen (secondary N) is 2. The van der Waals surface area contributed by atoms with E-state index in [1.165, 1.54) is 5.56 Å². The molecule has 0 spiro atoms. The van der Waals surface area contributed by atoms with Crippen molar-refractivity contribution in [3.8, 4) is 11.6 Å². The van der Waals surface area contributed by atoms with Gasteiger partial charge in [0.05, 0.1) is 12.8 Å². The van der Waals surface area contributed by atoms with Gasteiger partial charge in [0.25, 0.3) is 0 Å². The Bertz CT molecular complexity index is 847. The number of hydrogen-bond donors (Lipinski definition) is 2. The number of guanidine groups is 1. The van der Waals surface area contributed by atoms with E-state index in [0.717, 1.165) is 30.2 Å². The molecule has 0 fully saturated rings. The summed E-state index contributed by atoms with van der Waals surface area (Å²) >= 11 is 0. The number of aromatic nitrogens is 3. The van der Waals surface area contributed by atoms with Crippen LogP contribution >= 0.6 is 24.0 Å². The lowest BCUT2D eigenvalue weighted by molar-refractivity contribution is 0.397. The Kier molecular flexibility index (Phi) is 8.73. The normalized spacial score (nSPS) is 10.9. The minimum absolute atomic E-state index is 0. The molecule has 0 saturated carbocycles.